The molecule has 1 unspecified atom stereocenters. The summed E-state index contributed by atoms with van der Waals surface area (Å²) in [4.78, 5) is 11.5. The molecule has 0 saturated heterocycles. The molecule has 16 heavy (non-hydrogen) atoms. The Hall–Kier alpha value is -1.36. The summed E-state index contributed by atoms with van der Waals surface area (Å²) in [6, 6.07) is -0.343. The van der Waals surface area contributed by atoms with Crippen LogP contribution < -0.4 is 5.32 Å². The van der Waals surface area contributed by atoms with Crippen LogP contribution in [0.3, 0.4) is 0 Å². The lowest BCUT2D eigenvalue weighted by Crippen LogP contribution is -2.39. The summed E-state index contributed by atoms with van der Waals surface area (Å²) in [5.74, 6) is -0.237. The summed E-state index contributed by atoms with van der Waals surface area (Å²) in [6.45, 7) is 4.77. The van der Waals surface area contributed by atoms with Crippen LogP contribution in [0.1, 0.15) is 19.4 Å². The standard InChI is InChI=1S/C11H19N3O2/c1-4-9-6-13-14(7-9)8-10(12-3)11(15)16-5-2/h6-7,10,12H,4-5,8H2,1-3H3. The molecular formula is C11H19N3O2. The van der Waals surface area contributed by atoms with Crippen molar-refractivity contribution in [1.29, 1.82) is 0 Å². The normalized spacial score (nSPS) is 12.4. The molecule has 1 N–H and O–H groups in total. The van der Waals surface area contributed by atoms with E-state index < -0.39 is 0 Å². The highest BCUT2D eigenvalue weighted by molar-refractivity contribution is 5.75. The van der Waals surface area contributed by atoms with E-state index in [4.69, 9.17) is 4.74 Å². The monoisotopic (exact) mass is 225 g/mol. The second kappa shape index (κ2) is 6.27. The summed E-state index contributed by atoms with van der Waals surface area (Å²) in [5.41, 5.74) is 1.17. The first-order valence-corrected chi connectivity index (χ1v) is 5.56. The molecule has 0 amide bonds. The molecule has 90 valence electrons. The number of rotatable bonds is 6. The molecule has 1 atom stereocenters. The SMILES string of the molecule is CCOC(=O)C(Cn1cc(CC)cn1)NC. The van der Waals surface area contributed by atoms with Gasteiger partial charge < -0.3 is 10.1 Å². The topological polar surface area (TPSA) is 56.2 Å². The highest BCUT2D eigenvalue weighted by atomic mass is 16.5. The fourth-order valence-electron chi connectivity index (χ4n) is 1.40. The number of aryl methyl sites for hydroxylation is 1. The maximum Gasteiger partial charge on any atom is 0.325 e. The maximum absolute atomic E-state index is 11.5. The van der Waals surface area contributed by atoms with Gasteiger partial charge in [-0.3, -0.25) is 9.48 Å². The van der Waals surface area contributed by atoms with E-state index in [2.05, 4.69) is 17.3 Å². The van der Waals surface area contributed by atoms with Gasteiger partial charge in [0.15, 0.2) is 0 Å². The summed E-state index contributed by atoms with van der Waals surface area (Å²) in [5, 5.41) is 7.11. The lowest BCUT2D eigenvalue weighted by atomic mass is 10.3. The lowest BCUT2D eigenvalue weighted by Gasteiger charge is -2.14. The van der Waals surface area contributed by atoms with E-state index in [-0.39, 0.29) is 12.0 Å². The van der Waals surface area contributed by atoms with Gasteiger partial charge in [0.2, 0.25) is 0 Å². The van der Waals surface area contributed by atoms with Crippen LogP contribution in [0.2, 0.25) is 0 Å². The van der Waals surface area contributed by atoms with Gasteiger partial charge in [0, 0.05) is 6.20 Å². The van der Waals surface area contributed by atoms with Gasteiger partial charge in [0.25, 0.3) is 0 Å². The molecular weight excluding hydrogens is 206 g/mol. The Morgan fingerprint density at radius 3 is 2.88 bits per heavy atom. The van der Waals surface area contributed by atoms with Crippen LogP contribution >= 0.6 is 0 Å². The molecule has 1 aromatic rings. The molecule has 1 heterocycles. The number of nitrogens with one attached hydrogen (secondary N) is 1. The molecule has 5 nitrogen and oxygen atoms in total. The zero-order valence-corrected chi connectivity index (χ0v) is 10.1. The van der Waals surface area contributed by atoms with E-state index in [0.29, 0.717) is 13.2 Å². The summed E-state index contributed by atoms with van der Waals surface area (Å²) >= 11 is 0. The molecule has 1 aromatic heterocycles. The molecule has 5 heteroatoms. The molecule has 0 aliphatic rings. The minimum Gasteiger partial charge on any atom is -0.465 e. The van der Waals surface area contributed by atoms with Gasteiger partial charge in [0.1, 0.15) is 6.04 Å². The number of ether oxygens (including phenoxy) is 1. The average molecular weight is 225 g/mol. The van der Waals surface area contributed by atoms with Gasteiger partial charge in [0.05, 0.1) is 19.3 Å². The van der Waals surface area contributed by atoms with Crippen molar-refractivity contribution in [3.63, 3.8) is 0 Å². The van der Waals surface area contributed by atoms with Crippen molar-refractivity contribution in [3.05, 3.63) is 18.0 Å². The highest BCUT2D eigenvalue weighted by Gasteiger charge is 2.18. The van der Waals surface area contributed by atoms with E-state index in [1.165, 1.54) is 5.56 Å². The van der Waals surface area contributed by atoms with Gasteiger partial charge in [-0.05, 0) is 26.0 Å². The van der Waals surface area contributed by atoms with Gasteiger partial charge in [-0.1, -0.05) is 6.92 Å². The predicted molar refractivity (Wildman–Crippen MR) is 61.1 cm³/mol. The third kappa shape index (κ3) is 3.34. The molecule has 0 aliphatic carbocycles. The number of aromatic nitrogens is 2. The Morgan fingerprint density at radius 1 is 1.62 bits per heavy atom. The number of carbonyl (C=O) groups excluding carboxylic acids is 1. The zero-order valence-electron chi connectivity index (χ0n) is 10.1. The number of likely N-dealkylation sites (N-methyl/N-ethyl adjacent to an activating group) is 1. The fourth-order valence-corrected chi connectivity index (χ4v) is 1.40. The largest absolute Gasteiger partial charge is 0.465 e. The van der Waals surface area contributed by atoms with E-state index in [1.807, 2.05) is 12.4 Å². The van der Waals surface area contributed by atoms with Crippen LogP contribution in [0.4, 0.5) is 0 Å². The van der Waals surface area contributed by atoms with Crippen molar-refractivity contribution >= 4 is 5.97 Å². The molecule has 0 saturated carbocycles. The van der Waals surface area contributed by atoms with Crippen molar-refractivity contribution in [2.24, 2.45) is 0 Å². The van der Waals surface area contributed by atoms with Crippen molar-refractivity contribution in [2.45, 2.75) is 32.9 Å². The average Bonchev–Trinajstić information content (AvgIpc) is 2.73. The summed E-state index contributed by atoms with van der Waals surface area (Å²) < 4.78 is 6.72. The maximum atomic E-state index is 11.5. The molecule has 0 aromatic carbocycles. The Morgan fingerprint density at radius 2 is 2.38 bits per heavy atom. The fraction of sp³-hybridized carbons (Fsp3) is 0.636. The minimum atomic E-state index is -0.343. The predicted octanol–water partition coefficient (Wildman–Crippen LogP) is 0.597. The Labute approximate surface area is 95.8 Å². The summed E-state index contributed by atoms with van der Waals surface area (Å²) in [6.07, 6.45) is 4.71. The highest BCUT2D eigenvalue weighted by Crippen LogP contribution is 2.00. The van der Waals surface area contributed by atoms with Crippen LogP contribution in [0.15, 0.2) is 12.4 Å². The molecule has 1 rings (SSSR count). The Bertz CT molecular complexity index is 336. The third-order valence-corrected chi connectivity index (χ3v) is 2.38. The number of hydrogen-bond donors (Lipinski definition) is 1. The molecule has 0 fully saturated rings. The first-order chi connectivity index (χ1) is 7.71. The number of carbonyl (C=O) groups is 1. The van der Waals surface area contributed by atoms with Crippen LogP contribution in [-0.2, 0) is 22.5 Å². The number of esters is 1. The van der Waals surface area contributed by atoms with Crippen LogP contribution in [-0.4, -0.2) is 35.4 Å². The molecule has 0 aliphatic heterocycles. The quantitative estimate of drug-likeness (QED) is 0.720. The summed E-state index contributed by atoms with van der Waals surface area (Å²) in [7, 11) is 1.74. The van der Waals surface area contributed by atoms with Crippen molar-refractivity contribution < 1.29 is 9.53 Å². The van der Waals surface area contributed by atoms with Gasteiger partial charge in [-0.2, -0.15) is 5.10 Å². The second-order valence-electron chi connectivity index (χ2n) is 3.52. The van der Waals surface area contributed by atoms with E-state index in [9.17, 15) is 4.79 Å². The van der Waals surface area contributed by atoms with Crippen LogP contribution in [0, 0.1) is 0 Å². The Balaban J connectivity index is 2.58. The number of nitrogens with zero attached hydrogens (tertiary/aromatic N) is 2. The van der Waals surface area contributed by atoms with Crippen LogP contribution in [0.5, 0.6) is 0 Å². The lowest BCUT2D eigenvalue weighted by molar-refractivity contribution is -0.145. The number of hydrogen-bond acceptors (Lipinski definition) is 4. The smallest absolute Gasteiger partial charge is 0.325 e. The van der Waals surface area contributed by atoms with Crippen molar-refractivity contribution in [3.8, 4) is 0 Å². The van der Waals surface area contributed by atoms with Gasteiger partial charge in [-0.15, -0.1) is 0 Å². The van der Waals surface area contributed by atoms with Gasteiger partial charge >= 0.3 is 5.97 Å². The second-order valence-corrected chi connectivity index (χ2v) is 3.52. The molecule has 0 radical (unpaired) electrons. The van der Waals surface area contributed by atoms with Crippen molar-refractivity contribution in [1.82, 2.24) is 15.1 Å². The first kappa shape index (κ1) is 12.7. The minimum absolute atomic E-state index is 0.237. The van der Waals surface area contributed by atoms with Crippen LogP contribution in [0.25, 0.3) is 0 Å². The van der Waals surface area contributed by atoms with Gasteiger partial charge in [-0.25, -0.2) is 0 Å². The Kier molecular flexibility index (Phi) is 4.98. The van der Waals surface area contributed by atoms with E-state index >= 15 is 0 Å². The van der Waals surface area contributed by atoms with E-state index in [0.717, 1.165) is 6.42 Å². The van der Waals surface area contributed by atoms with E-state index in [1.54, 1.807) is 18.7 Å². The molecule has 0 spiro atoms. The first-order valence-electron chi connectivity index (χ1n) is 5.56. The third-order valence-electron chi connectivity index (χ3n) is 2.38. The zero-order chi connectivity index (χ0) is 12.0. The van der Waals surface area contributed by atoms with Crippen molar-refractivity contribution in [2.75, 3.05) is 13.7 Å². The molecule has 0 bridgehead atoms.